The molecule has 15 nitrogen and oxygen atoms in total. The van der Waals surface area contributed by atoms with Gasteiger partial charge in [0, 0.05) is 39.5 Å². The summed E-state index contributed by atoms with van der Waals surface area (Å²) >= 11 is 0. The van der Waals surface area contributed by atoms with E-state index in [4.69, 9.17) is 47.7 Å². The number of rotatable bonds is 23. The fourth-order valence-corrected chi connectivity index (χ4v) is 11.0. The van der Waals surface area contributed by atoms with Crippen molar-refractivity contribution in [3.8, 4) is 11.5 Å². The Labute approximate surface area is 443 Å². The van der Waals surface area contributed by atoms with Crippen molar-refractivity contribution in [3.05, 3.63) is 71.8 Å². The lowest BCUT2D eigenvalue weighted by Crippen LogP contribution is -2.55. The first-order valence-corrected chi connectivity index (χ1v) is 26.6. The van der Waals surface area contributed by atoms with Gasteiger partial charge in [0.05, 0.1) is 55.1 Å². The molecule has 12 atom stereocenters. The molecule has 2 unspecified atom stereocenters. The molecule has 6 fully saturated rings. The zero-order valence-electron chi connectivity index (χ0n) is 45.9. The summed E-state index contributed by atoms with van der Waals surface area (Å²) in [6, 6.07) is 15.0. The molecule has 0 amide bonds. The monoisotopic (exact) mass is 1040 g/mol. The van der Waals surface area contributed by atoms with Gasteiger partial charge >= 0.3 is 11.9 Å². The number of likely N-dealkylation sites (N-methyl/N-ethyl adjacent to an activating group) is 2. The highest BCUT2D eigenvalue weighted by molar-refractivity contribution is 5.87. The molecule has 0 bridgehead atoms. The molecule has 4 aliphatic heterocycles. The van der Waals surface area contributed by atoms with E-state index < -0.39 is 12.1 Å². The Hall–Kier alpha value is -3.90. The van der Waals surface area contributed by atoms with Gasteiger partial charge < -0.3 is 62.6 Å². The largest absolute Gasteiger partial charge is 0.492 e. The molecule has 2 aromatic rings. The molecule has 2 saturated carbocycles. The predicted octanol–water partition coefficient (Wildman–Crippen LogP) is 8.84. The number of hydrogen-bond acceptors (Lipinski definition) is 14. The van der Waals surface area contributed by atoms with Crippen LogP contribution in [0.5, 0.6) is 11.5 Å². The van der Waals surface area contributed by atoms with Gasteiger partial charge in [0.1, 0.15) is 53.7 Å². The van der Waals surface area contributed by atoms with E-state index in [1.165, 1.54) is 12.5 Å². The molecular weight excluding hydrogens is 945 g/mol. The van der Waals surface area contributed by atoms with Crippen molar-refractivity contribution in [1.82, 2.24) is 9.80 Å². The van der Waals surface area contributed by atoms with Gasteiger partial charge in [0.25, 0.3) is 0 Å². The lowest BCUT2D eigenvalue weighted by Gasteiger charge is -2.42. The number of nitrogens with zero attached hydrogens (tertiary/aromatic N) is 2. The van der Waals surface area contributed by atoms with Gasteiger partial charge in [-0.3, -0.25) is 0 Å². The van der Waals surface area contributed by atoms with Crippen molar-refractivity contribution in [1.29, 1.82) is 0 Å². The Morgan fingerprint density at radius 3 is 1.50 bits per heavy atom. The van der Waals surface area contributed by atoms with Gasteiger partial charge in [-0.1, -0.05) is 59.4 Å². The Morgan fingerprint density at radius 2 is 1.11 bits per heavy atom. The Bertz CT molecular complexity index is 2100. The topological polar surface area (TPSA) is 177 Å². The van der Waals surface area contributed by atoms with E-state index in [1.807, 2.05) is 81.6 Å². The first-order chi connectivity index (χ1) is 34.7. The van der Waals surface area contributed by atoms with Crippen LogP contribution in [-0.2, 0) is 42.7 Å². The maximum atomic E-state index is 12.8. The first kappa shape index (κ1) is 61.0. The fraction of sp³-hybridized carbons (Fsp3) is 0.695. The number of aliphatic carboxylic acids is 1. The molecule has 2 aromatic carbocycles. The number of carboxylic acids is 1. The zero-order valence-corrected chi connectivity index (χ0v) is 45.9. The highest BCUT2D eigenvalue weighted by atomic mass is 16.6. The number of epoxide rings is 4. The molecule has 2 spiro atoms. The SMILES string of the molecule is C.CN(C)CCOc1ccc(/C=C/C(=O)O)cc1.CO[C@@H]1C(O)CC[C@]2(CO2)[C@H]1[C@@]1(C)O[C@@H]1CCC(C)C.CO[C@@H]1C(OC(=O)/C=C/c2ccc(OCCN(C)C)cc2)CC[C@]2(CO2)[C@H]1[C@@]1(C)O[C@@H]1CCC(C)C. The van der Waals surface area contributed by atoms with E-state index in [9.17, 15) is 14.7 Å². The molecule has 74 heavy (non-hydrogen) atoms. The summed E-state index contributed by atoms with van der Waals surface area (Å²) in [5.74, 6) is 1.83. The Balaban J connectivity index is 0.000000225. The summed E-state index contributed by atoms with van der Waals surface area (Å²) < 4.78 is 52.9. The number of carbonyl (C=O) groups is 2. The molecule has 15 heteroatoms. The molecule has 0 radical (unpaired) electrons. The van der Waals surface area contributed by atoms with Crippen molar-refractivity contribution >= 4 is 24.1 Å². The first-order valence-electron chi connectivity index (χ1n) is 26.6. The molecule has 8 rings (SSSR count). The number of ether oxygens (including phenoxy) is 9. The average Bonchev–Trinajstić information content (AvgIpc) is 4.23. The quantitative estimate of drug-likeness (QED) is 0.0613. The van der Waals surface area contributed by atoms with E-state index >= 15 is 0 Å². The Kier molecular flexibility index (Phi) is 22.2. The smallest absolute Gasteiger partial charge is 0.331 e. The minimum atomic E-state index is -0.948. The number of carboxylic acid groups (broad SMARTS) is 1. The molecule has 2 aliphatic carbocycles. The van der Waals surface area contributed by atoms with Crippen LogP contribution in [0.4, 0.5) is 0 Å². The third-order valence-corrected chi connectivity index (χ3v) is 15.5. The lowest BCUT2D eigenvalue weighted by atomic mass is 9.68. The van der Waals surface area contributed by atoms with Crippen molar-refractivity contribution in [2.75, 3.05) is 81.9 Å². The van der Waals surface area contributed by atoms with Gasteiger partial charge in [-0.15, -0.1) is 0 Å². The molecule has 6 aliphatic rings. The van der Waals surface area contributed by atoms with Crippen LogP contribution in [0.1, 0.15) is 111 Å². The predicted molar refractivity (Wildman–Crippen MR) is 288 cm³/mol. The summed E-state index contributed by atoms with van der Waals surface area (Å²) in [4.78, 5) is 27.2. The summed E-state index contributed by atoms with van der Waals surface area (Å²) in [6.45, 7) is 17.8. The number of methoxy groups -OCH3 is 2. The average molecular weight is 1040 g/mol. The van der Waals surface area contributed by atoms with Crippen LogP contribution in [0.2, 0.25) is 0 Å². The number of carbonyl (C=O) groups excluding carboxylic acids is 1. The Morgan fingerprint density at radius 1 is 0.689 bits per heavy atom. The van der Waals surface area contributed by atoms with Crippen LogP contribution in [0.3, 0.4) is 0 Å². The van der Waals surface area contributed by atoms with Crippen molar-refractivity contribution in [2.24, 2.45) is 23.7 Å². The second-order valence-electron chi connectivity index (χ2n) is 22.7. The normalized spacial score (nSPS) is 32.5. The van der Waals surface area contributed by atoms with Crippen molar-refractivity contribution in [2.45, 2.75) is 159 Å². The number of hydrogen-bond donors (Lipinski definition) is 2. The number of aliphatic hydroxyl groups excluding tert-OH is 1. The van der Waals surface area contributed by atoms with Crippen LogP contribution in [0.15, 0.2) is 60.7 Å². The van der Waals surface area contributed by atoms with Gasteiger partial charge in [0.15, 0.2) is 0 Å². The van der Waals surface area contributed by atoms with Crippen molar-refractivity contribution in [3.63, 3.8) is 0 Å². The number of esters is 1. The van der Waals surface area contributed by atoms with E-state index in [2.05, 4.69) is 46.4 Å². The molecular formula is C59H92N2O13. The van der Waals surface area contributed by atoms with Crippen LogP contribution in [0, 0.1) is 23.7 Å². The van der Waals surface area contributed by atoms with Crippen molar-refractivity contribution < 1.29 is 62.4 Å². The van der Waals surface area contributed by atoms with E-state index in [0.717, 1.165) is 100.0 Å². The fourth-order valence-electron chi connectivity index (χ4n) is 11.0. The van der Waals surface area contributed by atoms with Crippen LogP contribution in [0.25, 0.3) is 12.2 Å². The third-order valence-electron chi connectivity index (χ3n) is 15.5. The van der Waals surface area contributed by atoms with Gasteiger partial charge in [-0.25, -0.2) is 9.59 Å². The maximum absolute atomic E-state index is 12.8. The van der Waals surface area contributed by atoms with Gasteiger partial charge in [-0.05, 0) is 153 Å². The van der Waals surface area contributed by atoms with Gasteiger partial charge in [0.2, 0.25) is 0 Å². The van der Waals surface area contributed by atoms with Crippen LogP contribution >= 0.6 is 0 Å². The van der Waals surface area contributed by atoms with E-state index in [0.29, 0.717) is 31.2 Å². The third kappa shape index (κ3) is 16.6. The number of benzene rings is 2. The summed E-state index contributed by atoms with van der Waals surface area (Å²) in [6.07, 6.45) is 13.0. The summed E-state index contributed by atoms with van der Waals surface area (Å²) in [7, 11) is 11.4. The van der Waals surface area contributed by atoms with Gasteiger partial charge in [-0.2, -0.15) is 0 Å². The van der Waals surface area contributed by atoms with Crippen LogP contribution in [-0.4, -0.2) is 173 Å². The zero-order chi connectivity index (χ0) is 53.1. The molecule has 0 aromatic heterocycles. The second-order valence-corrected chi connectivity index (χ2v) is 22.7. The summed E-state index contributed by atoms with van der Waals surface area (Å²) in [5, 5.41) is 18.7. The second kappa shape index (κ2) is 26.9. The standard InChI is InChI=1S/C29H43NO6.C16H28O4.C13H17NO3.CH4/c1-20(2)7-13-24-28(3,36-24)27-26(32-6)23(15-16-29(27)19-34-29)35-25(31)14-10-21-8-11-22(12-9-21)33-18-17-30(4)5;1-10(2)5-6-12-15(3,20-12)14-13(18-4)11(17)7-8-16(14)9-19-16;1-14(2)9-10-17-12-6-3-11(4-7-12)5-8-13(15)16;/h8-12,14,20,23-24,26-27H,7,13,15-19H2,1-6H3;10-14,17H,5-9H2,1-4H3;3-8H,9-10H2,1-2H3,(H,15,16);1H4/b14-10+;;8-5+;/t23?,24-,26-,27-,28+,29+;11?,12-,13-,14-,15+,16+;;/m11../s1. The molecule has 2 N–H and O–H groups in total. The highest BCUT2D eigenvalue weighted by Gasteiger charge is 2.73. The minimum Gasteiger partial charge on any atom is -0.492 e. The van der Waals surface area contributed by atoms with Crippen LogP contribution < -0.4 is 9.47 Å². The molecule has 416 valence electrons. The summed E-state index contributed by atoms with van der Waals surface area (Å²) in [5.41, 5.74) is 0.955. The number of aliphatic hydroxyl groups is 1. The lowest BCUT2D eigenvalue weighted by molar-refractivity contribution is -0.166. The molecule has 4 saturated heterocycles. The van der Waals surface area contributed by atoms with E-state index in [-0.39, 0.29) is 72.1 Å². The minimum absolute atomic E-state index is 0. The highest BCUT2D eigenvalue weighted by Crippen LogP contribution is 2.61. The molecule has 4 heterocycles. The van der Waals surface area contributed by atoms with E-state index in [1.54, 1.807) is 26.4 Å². The maximum Gasteiger partial charge on any atom is 0.331 e.